The SMILES string of the molecule is CCNC(=O)[C@H](C)N(Cc1ccc(F)cc1)C(=O)CN(c1cc(Cl)ccc1C)S(=O)(=O)c1ccc(C)cc1. The lowest BCUT2D eigenvalue weighted by Crippen LogP contribution is -2.51. The van der Waals surface area contributed by atoms with Gasteiger partial charge < -0.3 is 10.2 Å². The first-order chi connectivity index (χ1) is 17.9. The normalized spacial score (nSPS) is 12.1. The Morgan fingerprint density at radius 1 is 1.00 bits per heavy atom. The Morgan fingerprint density at radius 2 is 1.63 bits per heavy atom. The van der Waals surface area contributed by atoms with Crippen molar-refractivity contribution >= 4 is 39.1 Å². The van der Waals surface area contributed by atoms with Gasteiger partial charge in [-0.05, 0) is 75.2 Å². The fraction of sp³-hybridized carbons (Fsp3) is 0.286. The molecule has 7 nitrogen and oxygen atoms in total. The molecule has 3 aromatic carbocycles. The van der Waals surface area contributed by atoms with Crippen LogP contribution in [0.2, 0.25) is 5.02 Å². The van der Waals surface area contributed by atoms with Gasteiger partial charge in [-0.15, -0.1) is 0 Å². The Hall–Kier alpha value is -3.43. The number of likely N-dealkylation sites (N-methyl/N-ethyl adjacent to an activating group) is 1. The number of amides is 2. The van der Waals surface area contributed by atoms with Crippen LogP contribution in [0.15, 0.2) is 71.6 Å². The van der Waals surface area contributed by atoms with E-state index in [1.807, 2.05) is 6.92 Å². The fourth-order valence-electron chi connectivity index (χ4n) is 3.89. The molecule has 0 saturated carbocycles. The number of hydrogen-bond acceptors (Lipinski definition) is 4. The van der Waals surface area contributed by atoms with E-state index in [0.717, 1.165) is 9.87 Å². The standard InChI is InChI=1S/C28H31ClFN3O4S/c1-5-31-28(35)21(4)32(17-22-9-12-24(30)13-10-22)27(34)18-33(26-16-23(29)11-8-20(26)3)38(36,37)25-14-6-19(2)7-15-25/h6-16,21H,5,17-18H2,1-4H3,(H,31,35)/t21-/m0/s1. The molecule has 0 fully saturated rings. The Morgan fingerprint density at radius 3 is 2.24 bits per heavy atom. The molecule has 0 radical (unpaired) electrons. The molecule has 3 aromatic rings. The van der Waals surface area contributed by atoms with Crippen LogP contribution in [0.3, 0.4) is 0 Å². The van der Waals surface area contributed by atoms with Gasteiger partial charge in [0.05, 0.1) is 10.6 Å². The lowest BCUT2D eigenvalue weighted by Gasteiger charge is -2.32. The first-order valence-corrected chi connectivity index (χ1v) is 13.9. The molecule has 0 aliphatic rings. The summed E-state index contributed by atoms with van der Waals surface area (Å²) in [5.41, 5.74) is 2.31. The molecule has 202 valence electrons. The molecule has 3 rings (SSSR count). The number of nitrogens with zero attached hydrogens (tertiary/aromatic N) is 2. The molecule has 0 saturated heterocycles. The summed E-state index contributed by atoms with van der Waals surface area (Å²) in [6.45, 7) is 6.64. The highest BCUT2D eigenvalue weighted by Gasteiger charge is 2.33. The molecule has 1 N–H and O–H groups in total. The van der Waals surface area contributed by atoms with E-state index in [2.05, 4.69) is 5.32 Å². The third kappa shape index (κ3) is 6.90. The van der Waals surface area contributed by atoms with E-state index < -0.39 is 40.2 Å². The average Bonchev–Trinajstić information content (AvgIpc) is 2.88. The predicted molar refractivity (Wildman–Crippen MR) is 147 cm³/mol. The van der Waals surface area contributed by atoms with Crippen LogP contribution in [0.4, 0.5) is 10.1 Å². The topological polar surface area (TPSA) is 86.8 Å². The van der Waals surface area contributed by atoms with Gasteiger partial charge in [0.1, 0.15) is 18.4 Å². The van der Waals surface area contributed by atoms with E-state index in [1.165, 1.54) is 47.4 Å². The van der Waals surface area contributed by atoms with E-state index in [4.69, 9.17) is 11.6 Å². The molecule has 1 atom stereocenters. The summed E-state index contributed by atoms with van der Waals surface area (Å²) >= 11 is 6.22. The van der Waals surface area contributed by atoms with E-state index in [-0.39, 0.29) is 17.1 Å². The van der Waals surface area contributed by atoms with Crippen molar-refractivity contribution in [3.63, 3.8) is 0 Å². The van der Waals surface area contributed by atoms with Crippen LogP contribution >= 0.6 is 11.6 Å². The number of hydrogen-bond donors (Lipinski definition) is 1. The number of carbonyl (C=O) groups is 2. The van der Waals surface area contributed by atoms with Crippen LogP contribution in [-0.2, 0) is 26.2 Å². The summed E-state index contributed by atoms with van der Waals surface area (Å²) < 4.78 is 42.2. The van der Waals surface area contributed by atoms with Gasteiger partial charge in [0.25, 0.3) is 10.0 Å². The largest absolute Gasteiger partial charge is 0.355 e. The zero-order valence-electron chi connectivity index (χ0n) is 21.7. The van der Waals surface area contributed by atoms with E-state index in [9.17, 15) is 22.4 Å². The van der Waals surface area contributed by atoms with Crippen molar-refractivity contribution in [1.29, 1.82) is 0 Å². The van der Waals surface area contributed by atoms with Gasteiger partial charge in [-0.2, -0.15) is 0 Å². The maximum Gasteiger partial charge on any atom is 0.264 e. The number of carbonyl (C=O) groups excluding carboxylic acids is 2. The molecule has 0 spiro atoms. The van der Waals surface area contributed by atoms with Crippen molar-refractivity contribution in [3.05, 3.63) is 94.3 Å². The third-order valence-electron chi connectivity index (χ3n) is 6.11. The van der Waals surface area contributed by atoms with Gasteiger partial charge in [0, 0.05) is 18.1 Å². The van der Waals surface area contributed by atoms with E-state index in [1.54, 1.807) is 45.0 Å². The minimum absolute atomic E-state index is 0.0112. The van der Waals surface area contributed by atoms with Gasteiger partial charge in [-0.1, -0.05) is 47.5 Å². The molecular formula is C28H31ClFN3O4S. The molecule has 2 amide bonds. The van der Waals surface area contributed by atoms with Crippen molar-refractivity contribution in [3.8, 4) is 0 Å². The van der Waals surface area contributed by atoms with Gasteiger partial charge in [-0.3, -0.25) is 13.9 Å². The van der Waals surface area contributed by atoms with Crippen LogP contribution in [-0.4, -0.2) is 44.3 Å². The zero-order chi connectivity index (χ0) is 28.0. The minimum Gasteiger partial charge on any atom is -0.355 e. The quantitative estimate of drug-likeness (QED) is 0.385. The fourth-order valence-corrected chi connectivity index (χ4v) is 5.53. The molecule has 0 aromatic heterocycles. The second-order valence-corrected chi connectivity index (χ2v) is 11.3. The number of sulfonamides is 1. The monoisotopic (exact) mass is 559 g/mol. The van der Waals surface area contributed by atoms with Crippen LogP contribution in [0, 0.1) is 19.7 Å². The highest BCUT2D eigenvalue weighted by Crippen LogP contribution is 2.30. The summed E-state index contributed by atoms with van der Waals surface area (Å²) in [6.07, 6.45) is 0. The number of aryl methyl sites for hydroxylation is 2. The Kier molecular flexibility index (Phi) is 9.51. The first-order valence-electron chi connectivity index (χ1n) is 12.1. The molecule has 10 heteroatoms. The van der Waals surface area contributed by atoms with Gasteiger partial charge >= 0.3 is 0 Å². The number of benzene rings is 3. The summed E-state index contributed by atoms with van der Waals surface area (Å²) in [6, 6.07) is 15.8. The van der Waals surface area contributed by atoms with Crippen molar-refractivity contribution in [1.82, 2.24) is 10.2 Å². The second-order valence-electron chi connectivity index (χ2n) is 8.97. The molecule has 0 aliphatic carbocycles. The smallest absolute Gasteiger partial charge is 0.264 e. The third-order valence-corrected chi connectivity index (χ3v) is 8.12. The van der Waals surface area contributed by atoms with E-state index >= 15 is 0 Å². The maximum atomic E-state index is 13.9. The summed E-state index contributed by atoms with van der Waals surface area (Å²) in [4.78, 5) is 27.8. The van der Waals surface area contributed by atoms with Crippen LogP contribution in [0.1, 0.15) is 30.5 Å². The second kappa shape index (κ2) is 12.4. The Bertz CT molecular complexity index is 1400. The van der Waals surface area contributed by atoms with Crippen molar-refractivity contribution < 1.29 is 22.4 Å². The molecule has 0 aliphatic heterocycles. The highest BCUT2D eigenvalue weighted by atomic mass is 35.5. The molecule has 38 heavy (non-hydrogen) atoms. The summed E-state index contributed by atoms with van der Waals surface area (Å²) in [5.74, 6) is -1.44. The number of rotatable bonds is 10. The minimum atomic E-state index is -4.20. The lowest BCUT2D eigenvalue weighted by molar-refractivity contribution is -0.139. The molecular weight excluding hydrogens is 529 g/mol. The van der Waals surface area contributed by atoms with Crippen LogP contribution in [0.25, 0.3) is 0 Å². The van der Waals surface area contributed by atoms with Crippen molar-refractivity contribution in [2.45, 2.75) is 45.2 Å². The van der Waals surface area contributed by atoms with Crippen LogP contribution < -0.4 is 9.62 Å². The molecule has 0 unspecified atom stereocenters. The number of nitrogens with one attached hydrogen (secondary N) is 1. The van der Waals surface area contributed by atoms with Crippen molar-refractivity contribution in [2.75, 3.05) is 17.4 Å². The highest BCUT2D eigenvalue weighted by molar-refractivity contribution is 7.92. The summed E-state index contributed by atoms with van der Waals surface area (Å²) in [5, 5.41) is 3.00. The summed E-state index contributed by atoms with van der Waals surface area (Å²) in [7, 11) is -4.20. The first kappa shape index (κ1) is 29.1. The van der Waals surface area contributed by atoms with Gasteiger partial charge in [0.15, 0.2) is 0 Å². The van der Waals surface area contributed by atoms with Gasteiger partial charge in [0.2, 0.25) is 11.8 Å². The predicted octanol–water partition coefficient (Wildman–Crippen LogP) is 4.84. The number of anilines is 1. The maximum absolute atomic E-state index is 13.9. The number of halogens is 2. The average molecular weight is 560 g/mol. The van der Waals surface area contributed by atoms with Gasteiger partial charge in [-0.25, -0.2) is 12.8 Å². The lowest BCUT2D eigenvalue weighted by atomic mass is 10.1. The molecule has 0 heterocycles. The zero-order valence-corrected chi connectivity index (χ0v) is 23.3. The Balaban J connectivity index is 2.07. The molecule has 0 bridgehead atoms. The van der Waals surface area contributed by atoms with E-state index in [0.29, 0.717) is 22.7 Å². The van der Waals surface area contributed by atoms with Crippen molar-refractivity contribution in [2.24, 2.45) is 0 Å². The Labute approximate surface area is 228 Å². The van der Waals surface area contributed by atoms with Crippen LogP contribution in [0.5, 0.6) is 0 Å².